The number of benzene rings is 2. The summed E-state index contributed by atoms with van der Waals surface area (Å²) in [7, 11) is 0. The van der Waals surface area contributed by atoms with Gasteiger partial charge in [0.25, 0.3) is 0 Å². The van der Waals surface area contributed by atoms with Gasteiger partial charge in [0.2, 0.25) is 0 Å². The van der Waals surface area contributed by atoms with E-state index in [-0.39, 0.29) is 0 Å². The smallest absolute Gasteiger partial charge is 0.0435 e. The minimum atomic E-state index is 0.404. The van der Waals surface area contributed by atoms with Crippen LogP contribution in [-0.4, -0.2) is 0 Å². The molecule has 0 saturated carbocycles. The van der Waals surface area contributed by atoms with Crippen LogP contribution in [0.4, 0.5) is 0 Å². The third kappa shape index (κ3) is 2.93. The fourth-order valence-electron chi connectivity index (χ4n) is 1.60. The van der Waals surface area contributed by atoms with E-state index in [2.05, 4.69) is 70.5 Å². The van der Waals surface area contributed by atoms with Crippen LogP contribution in [0.25, 0.3) is 0 Å². The van der Waals surface area contributed by atoms with Gasteiger partial charge in [-0.3, -0.25) is 0 Å². The first kappa shape index (κ1) is 10.4. The molecule has 0 heterocycles. The lowest BCUT2D eigenvalue weighted by atomic mass is 10.0. The van der Waals surface area contributed by atoms with Crippen LogP contribution in [-0.2, 0) is 6.42 Å². The van der Waals surface area contributed by atoms with Gasteiger partial charge in [0.05, 0.1) is 0 Å². The van der Waals surface area contributed by atoms with Crippen molar-refractivity contribution >= 4 is 15.9 Å². The van der Waals surface area contributed by atoms with Gasteiger partial charge >= 0.3 is 0 Å². The Morgan fingerprint density at radius 3 is 1.93 bits per heavy atom. The first-order chi connectivity index (χ1) is 7.36. The Kier molecular flexibility index (Phi) is 3.57. The Bertz CT molecular complexity index is 394. The molecule has 0 bridgehead atoms. The minimum absolute atomic E-state index is 0.404. The molecule has 0 aromatic heterocycles. The predicted molar refractivity (Wildman–Crippen MR) is 68.3 cm³/mol. The van der Waals surface area contributed by atoms with Crippen LogP contribution in [0.1, 0.15) is 16.0 Å². The van der Waals surface area contributed by atoms with Crippen molar-refractivity contribution in [1.29, 1.82) is 0 Å². The van der Waals surface area contributed by atoms with Gasteiger partial charge in [-0.15, -0.1) is 0 Å². The maximum atomic E-state index is 3.72. The molecule has 2 aromatic rings. The average molecular weight is 261 g/mol. The highest BCUT2D eigenvalue weighted by molar-refractivity contribution is 9.09. The molecule has 76 valence electrons. The van der Waals surface area contributed by atoms with Gasteiger partial charge in [0, 0.05) is 4.83 Å². The van der Waals surface area contributed by atoms with Crippen molar-refractivity contribution in [2.75, 3.05) is 0 Å². The maximum Gasteiger partial charge on any atom is 0.0435 e. The molecule has 1 atom stereocenters. The molecule has 0 N–H and O–H groups in total. The molecule has 0 saturated heterocycles. The summed E-state index contributed by atoms with van der Waals surface area (Å²) in [6.45, 7) is 0. The summed E-state index contributed by atoms with van der Waals surface area (Å²) in [6, 6.07) is 21.1. The molecule has 2 aromatic carbocycles. The average Bonchev–Trinajstić information content (AvgIpc) is 2.31. The summed E-state index contributed by atoms with van der Waals surface area (Å²) in [5.74, 6) is 0. The van der Waals surface area contributed by atoms with Crippen LogP contribution in [0.2, 0.25) is 0 Å². The second-order valence-corrected chi connectivity index (χ2v) is 4.67. The Balaban J connectivity index is 2.08. The number of halogens is 1. The summed E-state index contributed by atoms with van der Waals surface area (Å²) >= 11 is 3.72. The van der Waals surface area contributed by atoms with Crippen LogP contribution in [0.5, 0.6) is 0 Å². The fraction of sp³-hybridized carbons (Fsp3) is 0.143. The SMILES string of the molecule is Br[C@@H](Cc1ccccc1)c1ccccc1. The standard InChI is InChI=1S/C14H13Br/c15-14(13-9-5-2-6-10-13)11-12-7-3-1-4-8-12/h1-10,14H,11H2/t14-/m0/s1. The van der Waals surface area contributed by atoms with E-state index in [1.165, 1.54) is 11.1 Å². The highest BCUT2D eigenvalue weighted by atomic mass is 79.9. The monoisotopic (exact) mass is 260 g/mol. The molecule has 0 nitrogen and oxygen atoms in total. The van der Waals surface area contributed by atoms with Crippen molar-refractivity contribution < 1.29 is 0 Å². The number of alkyl halides is 1. The molecule has 2 rings (SSSR count). The highest BCUT2D eigenvalue weighted by Crippen LogP contribution is 2.26. The quantitative estimate of drug-likeness (QED) is 0.720. The maximum absolute atomic E-state index is 3.72. The number of hydrogen-bond donors (Lipinski definition) is 0. The Morgan fingerprint density at radius 2 is 1.33 bits per heavy atom. The van der Waals surface area contributed by atoms with E-state index in [0.717, 1.165) is 6.42 Å². The highest BCUT2D eigenvalue weighted by Gasteiger charge is 2.06. The summed E-state index contributed by atoms with van der Waals surface area (Å²) in [4.78, 5) is 0.404. The zero-order valence-corrected chi connectivity index (χ0v) is 10.0. The summed E-state index contributed by atoms with van der Waals surface area (Å²) < 4.78 is 0. The summed E-state index contributed by atoms with van der Waals surface area (Å²) in [5.41, 5.74) is 2.70. The fourth-order valence-corrected chi connectivity index (χ4v) is 2.28. The zero-order valence-electron chi connectivity index (χ0n) is 8.44. The van der Waals surface area contributed by atoms with Crippen LogP contribution in [0.3, 0.4) is 0 Å². The molecule has 0 spiro atoms. The van der Waals surface area contributed by atoms with E-state index in [1.807, 2.05) is 6.07 Å². The van der Waals surface area contributed by atoms with Crippen molar-refractivity contribution in [2.45, 2.75) is 11.2 Å². The predicted octanol–water partition coefficient (Wildman–Crippen LogP) is 4.37. The zero-order chi connectivity index (χ0) is 10.5. The van der Waals surface area contributed by atoms with Gasteiger partial charge < -0.3 is 0 Å². The normalized spacial score (nSPS) is 12.3. The lowest BCUT2D eigenvalue weighted by Crippen LogP contribution is -1.94. The van der Waals surface area contributed by atoms with E-state index in [4.69, 9.17) is 0 Å². The first-order valence-electron chi connectivity index (χ1n) is 5.09. The Morgan fingerprint density at radius 1 is 0.800 bits per heavy atom. The third-order valence-corrected chi connectivity index (χ3v) is 3.27. The second kappa shape index (κ2) is 5.13. The number of hydrogen-bond acceptors (Lipinski definition) is 0. The molecule has 0 radical (unpaired) electrons. The van der Waals surface area contributed by atoms with Crippen molar-refractivity contribution in [3.63, 3.8) is 0 Å². The van der Waals surface area contributed by atoms with Gasteiger partial charge in [0.15, 0.2) is 0 Å². The van der Waals surface area contributed by atoms with Crippen molar-refractivity contribution in [1.82, 2.24) is 0 Å². The second-order valence-electron chi connectivity index (χ2n) is 3.57. The van der Waals surface area contributed by atoms with Crippen molar-refractivity contribution in [2.24, 2.45) is 0 Å². The molecule has 0 aliphatic rings. The molecule has 0 amide bonds. The minimum Gasteiger partial charge on any atom is -0.0835 e. The molecule has 0 aliphatic carbocycles. The van der Waals surface area contributed by atoms with Crippen molar-refractivity contribution in [3.05, 3.63) is 71.8 Å². The van der Waals surface area contributed by atoms with Gasteiger partial charge in [-0.25, -0.2) is 0 Å². The summed E-state index contributed by atoms with van der Waals surface area (Å²) in [5, 5.41) is 0. The van der Waals surface area contributed by atoms with Gasteiger partial charge in [-0.1, -0.05) is 76.6 Å². The molecule has 15 heavy (non-hydrogen) atoms. The molecular formula is C14H13Br. The Labute approximate surface area is 99.1 Å². The number of rotatable bonds is 3. The largest absolute Gasteiger partial charge is 0.0835 e. The molecule has 0 fully saturated rings. The van der Waals surface area contributed by atoms with Gasteiger partial charge in [-0.2, -0.15) is 0 Å². The van der Waals surface area contributed by atoms with Crippen LogP contribution < -0.4 is 0 Å². The summed E-state index contributed by atoms with van der Waals surface area (Å²) in [6.07, 6.45) is 1.03. The van der Waals surface area contributed by atoms with Gasteiger partial charge in [-0.05, 0) is 17.5 Å². The van der Waals surface area contributed by atoms with E-state index < -0.39 is 0 Å². The van der Waals surface area contributed by atoms with E-state index in [9.17, 15) is 0 Å². The molecular weight excluding hydrogens is 248 g/mol. The topological polar surface area (TPSA) is 0 Å². The van der Waals surface area contributed by atoms with Crippen LogP contribution >= 0.6 is 15.9 Å². The first-order valence-corrected chi connectivity index (χ1v) is 6.01. The molecule has 0 aliphatic heterocycles. The molecule has 0 unspecified atom stereocenters. The van der Waals surface area contributed by atoms with Crippen LogP contribution in [0, 0.1) is 0 Å². The van der Waals surface area contributed by atoms with Gasteiger partial charge in [0.1, 0.15) is 0 Å². The van der Waals surface area contributed by atoms with E-state index in [0.29, 0.717) is 4.83 Å². The Hall–Kier alpha value is -1.08. The van der Waals surface area contributed by atoms with Crippen molar-refractivity contribution in [3.8, 4) is 0 Å². The third-order valence-electron chi connectivity index (χ3n) is 2.42. The van der Waals surface area contributed by atoms with E-state index >= 15 is 0 Å². The lowest BCUT2D eigenvalue weighted by Gasteiger charge is -2.09. The van der Waals surface area contributed by atoms with E-state index in [1.54, 1.807) is 0 Å². The molecule has 1 heteroatoms. The van der Waals surface area contributed by atoms with Crippen LogP contribution in [0.15, 0.2) is 60.7 Å². The lowest BCUT2D eigenvalue weighted by molar-refractivity contribution is 0.949.